The van der Waals surface area contributed by atoms with Crippen molar-refractivity contribution in [3.63, 3.8) is 0 Å². The Morgan fingerprint density at radius 2 is 2.00 bits per heavy atom. The van der Waals surface area contributed by atoms with Crippen LogP contribution in [0.15, 0.2) is 24.3 Å². The highest BCUT2D eigenvalue weighted by Gasteiger charge is 2.32. The Kier molecular flexibility index (Phi) is 4.46. The lowest BCUT2D eigenvalue weighted by Crippen LogP contribution is -2.46. The fraction of sp³-hybridized carbons (Fsp3) is 0.500. The molecule has 3 N–H and O–H groups in total. The van der Waals surface area contributed by atoms with Crippen LogP contribution in [0.5, 0.6) is 0 Å². The first-order chi connectivity index (χ1) is 8.25. The molecule has 0 saturated carbocycles. The minimum atomic E-state index is -1.28. The molecular weight excluding hydrogens is 233 g/mol. The van der Waals surface area contributed by atoms with Gasteiger partial charge in [-0.3, -0.25) is 4.79 Å². The third-order valence-corrected chi connectivity index (χ3v) is 3.48. The maximum absolute atomic E-state index is 13.6. The fourth-order valence-electron chi connectivity index (χ4n) is 2.08. The van der Waals surface area contributed by atoms with Gasteiger partial charge in [-0.1, -0.05) is 32.0 Å². The van der Waals surface area contributed by atoms with Crippen LogP contribution < -0.4 is 5.73 Å². The van der Waals surface area contributed by atoms with Gasteiger partial charge in [0, 0.05) is 0 Å². The normalized spacial score (nSPS) is 17.8. The van der Waals surface area contributed by atoms with Crippen molar-refractivity contribution in [1.29, 1.82) is 0 Å². The molecule has 0 amide bonds. The maximum Gasteiger partial charge on any atom is 0.323 e. The van der Waals surface area contributed by atoms with Crippen LogP contribution in [0.25, 0.3) is 0 Å². The number of benzene rings is 1. The molecule has 3 unspecified atom stereocenters. The van der Waals surface area contributed by atoms with E-state index in [1.807, 2.05) is 13.8 Å². The number of hydrogen-bond donors (Lipinski definition) is 2. The zero-order valence-corrected chi connectivity index (χ0v) is 11.0. The molecule has 1 rings (SSSR count). The SMILES string of the molecule is CC(CC(C)(N)C(=O)O)C(C)c1ccccc1F. The van der Waals surface area contributed by atoms with Gasteiger partial charge in [0.1, 0.15) is 11.4 Å². The molecule has 1 aromatic carbocycles. The van der Waals surface area contributed by atoms with E-state index in [2.05, 4.69) is 0 Å². The van der Waals surface area contributed by atoms with Gasteiger partial charge in [0.05, 0.1) is 0 Å². The first-order valence-corrected chi connectivity index (χ1v) is 6.02. The van der Waals surface area contributed by atoms with Crippen molar-refractivity contribution in [1.82, 2.24) is 0 Å². The van der Waals surface area contributed by atoms with Crippen LogP contribution in [0.3, 0.4) is 0 Å². The number of carbonyl (C=O) groups is 1. The average Bonchev–Trinajstić information content (AvgIpc) is 2.28. The molecule has 100 valence electrons. The van der Waals surface area contributed by atoms with E-state index < -0.39 is 11.5 Å². The van der Waals surface area contributed by atoms with Gasteiger partial charge in [0.25, 0.3) is 0 Å². The predicted molar refractivity (Wildman–Crippen MR) is 68.8 cm³/mol. The molecule has 0 aliphatic rings. The molecule has 3 nitrogen and oxygen atoms in total. The van der Waals surface area contributed by atoms with E-state index in [-0.39, 0.29) is 17.7 Å². The summed E-state index contributed by atoms with van der Waals surface area (Å²) in [5, 5.41) is 9.00. The molecule has 0 aliphatic heterocycles. The quantitative estimate of drug-likeness (QED) is 0.848. The van der Waals surface area contributed by atoms with Gasteiger partial charge in [-0.25, -0.2) is 4.39 Å². The molecule has 0 heterocycles. The third kappa shape index (κ3) is 3.29. The van der Waals surface area contributed by atoms with Crippen molar-refractivity contribution in [2.24, 2.45) is 11.7 Å². The van der Waals surface area contributed by atoms with Gasteiger partial charge in [-0.15, -0.1) is 0 Å². The number of carboxylic acid groups (broad SMARTS) is 1. The van der Waals surface area contributed by atoms with Crippen LogP contribution in [0, 0.1) is 11.7 Å². The lowest BCUT2D eigenvalue weighted by molar-refractivity contribution is -0.143. The van der Waals surface area contributed by atoms with Crippen molar-refractivity contribution in [3.8, 4) is 0 Å². The molecule has 1 aromatic rings. The first-order valence-electron chi connectivity index (χ1n) is 6.02. The summed E-state index contributed by atoms with van der Waals surface area (Å²) < 4.78 is 13.6. The lowest BCUT2D eigenvalue weighted by Gasteiger charge is -2.27. The van der Waals surface area contributed by atoms with E-state index >= 15 is 0 Å². The number of hydrogen-bond acceptors (Lipinski definition) is 2. The molecule has 18 heavy (non-hydrogen) atoms. The summed E-state index contributed by atoms with van der Waals surface area (Å²) in [5.74, 6) is -1.39. The van der Waals surface area contributed by atoms with Gasteiger partial charge < -0.3 is 10.8 Å². The van der Waals surface area contributed by atoms with Crippen molar-refractivity contribution in [2.45, 2.75) is 38.6 Å². The molecule has 0 saturated heterocycles. The number of carboxylic acids is 1. The molecule has 3 atom stereocenters. The molecule has 0 fully saturated rings. The summed E-state index contributed by atoms with van der Waals surface area (Å²) in [7, 11) is 0. The van der Waals surface area contributed by atoms with Crippen LogP contribution in [0.4, 0.5) is 4.39 Å². The first kappa shape index (κ1) is 14.6. The summed E-state index contributed by atoms with van der Waals surface area (Å²) in [4.78, 5) is 11.0. The minimum absolute atomic E-state index is 0.0204. The van der Waals surface area contributed by atoms with Gasteiger partial charge >= 0.3 is 5.97 Å². The van der Waals surface area contributed by atoms with E-state index in [1.54, 1.807) is 18.2 Å². The van der Waals surface area contributed by atoms with Crippen LogP contribution in [-0.4, -0.2) is 16.6 Å². The van der Waals surface area contributed by atoms with Crippen LogP contribution in [-0.2, 0) is 4.79 Å². The lowest BCUT2D eigenvalue weighted by atomic mass is 9.80. The van der Waals surface area contributed by atoms with Crippen molar-refractivity contribution >= 4 is 5.97 Å². The van der Waals surface area contributed by atoms with Crippen molar-refractivity contribution < 1.29 is 14.3 Å². The Bertz CT molecular complexity index is 432. The van der Waals surface area contributed by atoms with Gasteiger partial charge in [-0.05, 0) is 36.8 Å². The zero-order valence-electron chi connectivity index (χ0n) is 11.0. The number of halogens is 1. The topological polar surface area (TPSA) is 63.3 Å². The molecule has 0 aliphatic carbocycles. The molecule has 0 radical (unpaired) electrons. The van der Waals surface area contributed by atoms with Crippen LogP contribution in [0.1, 0.15) is 38.7 Å². The van der Waals surface area contributed by atoms with Gasteiger partial charge in [-0.2, -0.15) is 0 Å². The Balaban J connectivity index is 2.83. The molecule has 4 heteroatoms. The van der Waals surface area contributed by atoms with Crippen molar-refractivity contribution in [2.75, 3.05) is 0 Å². The number of rotatable bonds is 5. The highest BCUT2D eigenvalue weighted by Crippen LogP contribution is 2.31. The Morgan fingerprint density at radius 3 is 2.50 bits per heavy atom. The number of aliphatic carboxylic acids is 1. The molecule has 0 aromatic heterocycles. The Morgan fingerprint density at radius 1 is 1.44 bits per heavy atom. The standard InChI is InChI=1S/C14H20FNO2/c1-9(8-14(3,16)13(17)18)10(2)11-6-4-5-7-12(11)15/h4-7,9-10H,8,16H2,1-3H3,(H,17,18). The van der Waals surface area contributed by atoms with E-state index in [0.29, 0.717) is 12.0 Å². The zero-order chi connectivity index (χ0) is 13.9. The highest BCUT2D eigenvalue weighted by molar-refractivity contribution is 5.77. The molecular formula is C14H20FNO2. The maximum atomic E-state index is 13.6. The van der Waals surface area contributed by atoms with Gasteiger partial charge in [0.15, 0.2) is 0 Å². The molecule has 0 bridgehead atoms. The summed E-state index contributed by atoms with van der Waals surface area (Å²) in [6.45, 7) is 5.27. The smallest absolute Gasteiger partial charge is 0.323 e. The van der Waals surface area contributed by atoms with E-state index in [9.17, 15) is 9.18 Å². The largest absolute Gasteiger partial charge is 0.480 e. The predicted octanol–water partition coefficient (Wildman–Crippen LogP) is 2.76. The minimum Gasteiger partial charge on any atom is -0.480 e. The summed E-state index contributed by atoms with van der Waals surface area (Å²) >= 11 is 0. The Hall–Kier alpha value is -1.42. The second-order valence-electron chi connectivity index (χ2n) is 5.21. The summed E-state index contributed by atoms with van der Waals surface area (Å²) in [6, 6.07) is 6.56. The van der Waals surface area contributed by atoms with E-state index in [1.165, 1.54) is 13.0 Å². The second kappa shape index (κ2) is 5.48. The van der Waals surface area contributed by atoms with E-state index in [4.69, 9.17) is 10.8 Å². The fourth-order valence-corrected chi connectivity index (χ4v) is 2.08. The summed E-state index contributed by atoms with van der Waals surface area (Å²) in [5.41, 5.74) is 5.05. The van der Waals surface area contributed by atoms with Gasteiger partial charge in [0.2, 0.25) is 0 Å². The third-order valence-electron chi connectivity index (χ3n) is 3.48. The monoisotopic (exact) mass is 253 g/mol. The second-order valence-corrected chi connectivity index (χ2v) is 5.21. The average molecular weight is 253 g/mol. The van der Waals surface area contributed by atoms with Crippen LogP contribution >= 0.6 is 0 Å². The highest BCUT2D eigenvalue weighted by atomic mass is 19.1. The summed E-state index contributed by atoms with van der Waals surface area (Å²) in [6.07, 6.45) is 0.303. The van der Waals surface area contributed by atoms with E-state index in [0.717, 1.165) is 0 Å². The molecule has 0 spiro atoms. The van der Waals surface area contributed by atoms with Crippen LogP contribution in [0.2, 0.25) is 0 Å². The Labute approximate surface area is 107 Å². The number of nitrogens with two attached hydrogens (primary N) is 1. The van der Waals surface area contributed by atoms with Crippen molar-refractivity contribution in [3.05, 3.63) is 35.6 Å².